The number of nitro groups is 1. The lowest BCUT2D eigenvalue weighted by Crippen LogP contribution is -2.56. The van der Waals surface area contributed by atoms with Crippen LogP contribution in [-0.2, 0) is 14.3 Å². The van der Waals surface area contributed by atoms with E-state index in [0.29, 0.717) is 21.2 Å². The highest BCUT2D eigenvalue weighted by Crippen LogP contribution is 2.41. The number of amides is 1. The van der Waals surface area contributed by atoms with Crippen molar-refractivity contribution in [2.24, 2.45) is 5.92 Å². The molecule has 4 unspecified atom stereocenters. The summed E-state index contributed by atoms with van der Waals surface area (Å²) in [6.07, 6.45) is 0. The van der Waals surface area contributed by atoms with Gasteiger partial charge in [-0.1, -0.05) is 47.5 Å². The summed E-state index contributed by atoms with van der Waals surface area (Å²) in [7, 11) is 1.14. The maximum atomic E-state index is 12.8. The number of esters is 1. The summed E-state index contributed by atoms with van der Waals surface area (Å²) >= 11 is 11.8. The fourth-order valence-electron chi connectivity index (χ4n) is 3.55. The molecule has 4 atom stereocenters. The van der Waals surface area contributed by atoms with E-state index in [1.165, 1.54) is 0 Å². The second-order valence-corrected chi connectivity index (χ2v) is 7.26. The first-order chi connectivity index (χ1) is 13.3. The van der Waals surface area contributed by atoms with Gasteiger partial charge in [0.2, 0.25) is 11.9 Å². The molecule has 2 aromatic carbocycles. The largest absolute Gasteiger partial charge is 0.468 e. The van der Waals surface area contributed by atoms with Gasteiger partial charge in [0.05, 0.1) is 13.0 Å². The van der Waals surface area contributed by atoms with Crippen LogP contribution in [0.5, 0.6) is 0 Å². The number of carbonyl (C=O) groups is 2. The van der Waals surface area contributed by atoms with Gasteiger partial charge in [-0.3, -0.25) is 19.7 Å². The van der Waals surface area contributed by atoms with E-state index in [9.17, 15) is 19.7 Å². The number of methoxy groups -OCH3 is 1. The summed E-state index contributed by atoms with van der Waals surface area (Å²) in [5.74, 6) is -3.86. The van der Waals surface area contributed by atoms with Gasteiger partial charge < -0.3 is 10.1 Å². The van der Waals surface area contributed by atoms with Crippen LogP contribution in [0.3, 0.4) is 0 Å². The van der Waals surface area contributed by atoms with Crippen molar-refractivity contribution >= 4 is 35.1 Å². The summed E-state index contributed by atoms with van der Waals surface area (Å²) in [6, 6.07) is 10.4. The van der Waals surface area contributed by atoms with Gasteiger partial charge in [-0.15, -0.1) is 0 Å². The molecular formula is C19H16Cl2N2O5. The standard InChI is InChI=1S/C19H16Cl2N2O5/c1-28-19(25)15-14(10-2-6-12(20)7-3-10)17(23(26)27)16(22-18(15)24)11-4-8-13(21)9-5-11/h2-9,14-17H,1H3,(H,22,24). The first kappa shape index (κ1) is 20.1. The third-order valence-corrected chi connectivity index (χ3v) is 5.34. The van der Waals surface area contributed by atoms with Gasteiger partial charge in [-0.25, -0.2) is 0 Å². The molecule has 0 bridgehead atoms. The third-order valence-electron chi connectivity index (χ3n) is 4.83. The van der Waals surface area contributed by atoms with Crippen molar-refractivity contribution in [2.45, 2.75) is 18.0 Å². The van der Waals surface area contributed by atoms with E-state index in [-0.39, 0.29) is 0 Å². The predicted molar refractivity (Wildman–Crippen MR) is 103 cm³/mol. The van der Waals surface area contributed by atoms with E-state index in [1.54, 1.807) is 48.5 Å². The Kier molecular flexibility index (Phi) is 5.86. The summed E-state index contributed by atoms with van der Waals surface area (Å²) in [6.45, 7) is 0. The molecular weight excluding hydrogens is 407 g/mol. The van der Waals surface area contributed by atoms with Crippen molar-refractivity contribution in [3.05, 3.63) is 79.8 Å². The molecule has 1 heterocycles. The van der Waals surface area contributed by atoms with E-state index in [4.69, 9.17) is 27.9 Å². The van der Waals surface area contributed by atoms with Crippen LogP contribution in [0.15, 0.2) is 48.5 Å². The van der Waals surface area contributed by atoms with E-state index in [0.717, 1.165) is 7.11 Å². The van der Waals surface area contributed by atoms with Crippen molar-refractivity contribution < 1.29 is 19.2 Å². The van der Waals surface area contributed by atoms with E-state index in [1.807, 2.05) is 0 Å². The van der Waals surface area contributed by atoms with Crippen LogP contribution in [-0.4, -0.2) is 30.0 Å². The lowest BCUT2D eigenvalue weighted by atomic mass is 9.73. The highest BCUT2D eigenvalue weighted by molar-refractivity contribution is 6.30. The minimum atomic E-state index is -1.36. The molecule has 0 radical (unpaired) electrons. The number of halogens is 2. The molecule has 2 aromatic rings. The lowest BCUT2D eigenvalue weighted by molar-refractivity contribution is -0.534. The molecule has 7 nitrogen and oxygen atoms in total. The zero-order valence-electron chi connectivity index (χ0n) is 14.7. The normalized spacial score (nSPS) is 24.3. The van der Waals surface area contributed by atoms with Gasteiger partial charge in [0, 0.05) is 15.0 Å². The highest BCUT2D eigenvalue weighted by Gasteiger charge is 2.55. The molecule has 28 heavy (non-hydrogen) atoms. The number of nitrogens with one attached hydrogen (secondary N) is 1. The molecule has 0 saturated carbocycles. The van der Waals surface area contributed by atoms with Crippen molar-refractivity contribution in [1.82, 2.24) is 5.32 Å². The molecule has 1 aliphatic rings. The van der Waals surface area contributed by atoms with Crippen LogP contribution >= 0.6 is 23.2 Å². The topological polar surface area (TPSA) is 98.5 Å². The second-order valence-electron chi connectivity index (χ2n) is 6.39. The van der Waals surface area contributed by atoms with Crippen molar-refractivity contribution in [3.63, 3.8) is 0 Å². The minimum Gasteiger partial charge on any atom is -0.468 e. The van der Waals surface area contributed by atoms with Gasteiger partial charge in [-0.05, 0) is 35.4 Å². The summed E-state index contributed by atoms with van der Waals surface area (Å²) in [5, 5.41) is 15.6. The Balaban J connectivity index is 2.15. The van der Waals surface area contributed by atoms with Crippen LogP contribution in [0.4, 0.5) is 0 Å². The highest BCUT2D eigenvalue weighted by atomic mass is 35.5. The maximum absolute atomic E-state index is 12.8. The zero-order chi connectivity index (χ0) is 20.4. The summed E-state index contributed by atoms with van der Waals surface area (Å²) in [4.78, 5) is 36.7. The molecule has 1 aliphatic heterocycles. The van der Waals surface area contributed by atoms with E-state index >= 15 is 0 Å². The lowest BCUT2D eigenvalue weighted by Gasteiger charge is -2.37. The zero-order valence-corrected chi connectivity index (χ0v) is 16.2. The van der Waals surface area contributed by atoms with Gasteiger partial charge in [0.15, 0.2) is 0 Å². The smallest absolute Gasteiger partial charge is 0.319 e. The SMILES string of the molecule is COC(=O)C1C(=O)NC(c2ccc(Cl)cc2)C([N+](=O)[O-])C1c1ccc(Cl)cc1. The Hall–Kier alpha value is -2.64. The number of benzene rings is 2. The Morgan fingerprint density at radius 2 is 1.54 bits per heavy atom. The summed E-state index contributed by atoms with van der Waals surface area (Å²) < 4.78 is 4.75. The number of hydrogen-bond donors (Lipinski definition) is 1. The number of rotatable bonds is 4. The molecule has 0 spiro atoms. The van der Waals surface area contributed by atoms with Gasteiger partial charge in [0.25, 0.3) is 0 Å². The average molecular weight is 423 g/mol. The minimum absolute atomic E-state index is 0.436. The average Bonchev–Trinajstić information content (AvgIpc) is 2.67. The third kappa shape index (κ3) is 3.81. The Labute approximate surface area is 170 Å². The number of hydrogen-bond acceptors (Lipinski definition) is 5. The van der Waals surface area contributed by atoms with Crippen LogP contribution in [0.2, 0.25) is 10.0 Å². The first-order valence-electron chi connectivity index (χ1n) is 8.36. The monoisotopic (exact) mass is 422 g/mol. The first-order valence-corrected chi connectivity index (χ1v) is 9.11. The number of nitrogens with zero attached hydrogens (tertiary/aromatic N) is 1. The Morgan fingerprint density at radius 1 is 1.04 bits per heavy atom. The van der Waals surface area contributed by atoms with Crippen molar-refractivity contribution in [1.29, 1.82) is 0 Å². The molecule has 1 saturated heterocycles. The Morgan fingerprint density at radius 3 is 2.00 bits per heavy atom. The van der Waals surface area contributed by atoms with Crippen LogP contribution in [0.1, 0.15) is 23.1 Å². The molecule has 1 N–H and O–H groups in total. The van der Waals surface area contributed by atoms with Crippen LogP contribution < -0.4 is 5.32 Å². The molecule has 3 rings (SSSR count). The number of ether oxygens (including phenoxy) is 1. The van der Waals surface area contributed by atoms with Crippen molar-refractivity contribution in [2.75, 3.05) is 7.11 Å². The summed E-state index contributed by atoms with van der Waals surface area (Å²) in [5.41, 5.74) is 0.969. The molecule has 0 aromatic heterocycles. The van der Waals surface area contributed by atoms with Gasteiger partial charge in [0.1, 0.15) is 12.0 Å². The fourth-order valence-corrected chi connectivity index (χ4v) is 3.81. The predicted octanol–water partition coefficient (Wildman–Crippen LogP) is 3.38. The molecule has 1 amide bonds. The quantitative estimate of drug-likeness (QED) is 0.352. The van der Waals surface area contributed by atoms with E-state index in [2.05, 4.69) is 5.32 Å². The van der Waals surface area contributed by atoms with Crippen LogP contribution in [0.25, 0.3) is 0 Å². The molecule has 0 aliphatic carbocycles. The number of carbonyl (C=O) groups excluding carboxylic acids is 2. The maximum Gasteiger partial charge on any atom is 0.319 e. The van der Waals surface area contributed by atoms with E-state index < -0.39 is 40.7 Å². The molecule has 9 heteroatoms. The number of piperidine rings is 1. The molecule has 1 fully saturated rings. The fraction of sp³-hybridized carbons (Fsp3) is 0.263. The van der Waals surface area contributed by atoms with Crippen LogP contribution in [0, 0.1) is 16.0 Å². The Bertz CT molecular complexity index is 902. The van der Waals surface area contributed by atoms with Gasteiger partial charge >= 0.3 is 5.97 Å². The van der Waals surface area contributed by atoms with Gasteiger partial charge in [-0.2, -0.15) is 0 Å². The molecule has 146 valence electrons. The van der Waals surface area contributed by atoms with Crippen molar-refractivity contribution in [3.8, 4) is 0 Å². The second kappa shape index (κ2) is 8.16.